The predicted octanol–water partition coefficient (Wildman–Crippen LogP) is 2.62. The molecule has 1 atom stereocenters. The standard InChI is InChI=1S/C15H25NO2/c1-12-5-6-14(11-13(12)2)15(16-3)7-8-18-10-9-17-4/h5-6,11,15-16H,7-10H2,1-4H3. The van der Waals surface area contributed by atoms with E-state index in [9.17, 15) is 0 Å². The van der Waals surface area contributed by atoms with Gasteiger partial charge in [0.1, 0.15) is 0 Å². The lowest BCUT2D eigenvalue weighted by Gasteiger charge is -2.18. The summed E-state index contributed by atoms with van der Waals surface area (Å²) >= 11 is 0. The van der Waals surface area contributed by atoms with E-state index in [1.165, 1.54) is 16.7 Å². The van der Waals surface area contributed by atoms with Crippen LogP contribution in [0, 0.1) is 13.8 Å². The zero-order valence-electron chi connectivity index (χ0n) is 12.0. The molecule has 0 radical (unpaired) electrons. The number of hydrogen-bond acceptors (Lipinski definition) is 3. The molecule has 3 heteroatoms. The molecule has 0 aliphatic heterocycles. The number of methoxy groups -OCH3 is 1. The number of ether oxygens (including phenoxy) is 2. The minimum absolute atomic E-state index is 0.354. The quantitative estimate of drug-likeness (QED) is 0.720. The summed E-state index contributed by atoms with van der Waals surface area (Å²) in [5, 5.41) is 3.34. The Morgan fingerprint density at radius 2 is 1.89 bits per heavy atom. The second kappa shape index (κ2) is 8.25. The number of benzene rings is 1. The second-order valence-electron chi connectivity index (χ2n) is 4.58. The van der Waals surface area contributed by atoms with Gasteiger partial charge in [-0.3, -0.25) is 0 Å². The summed E-state index contributed by atoms with van der Waals surface area (Å²) in [5.41, 5.74) is 4.01. The molecule has 0 fully saturated rings. The van der Waals surface area contributed by atoms with Crippen molar-refractivity contribution in [1.82, 2.24) is 5.32 Å². The summed E-state index contributed by atoms with van der Waals surface area (Å²) in [6.45, 7) is 6.37. The fourth-order valence-electron chi connectivity index (χ4n) is 1.90. The van der Waals surface area contributed by atoms with Crippen molar-refractivity contribution in [1.29, 1.82) is 0 Å². The molecule has 0 aliphatic rings. The van der Waals surface area contributed by atoms with Crippen molar-refractivity contribution in [2.45, 2.75) is 26.3 Å². The Morgan fingerprint density at radius 1 is 1.11 bits per heavy atom. The van der Waals surface area contributed by atoms with Crippen LogP contribution in [0.15, 0.2) is 18.2 Å². The van der Waals surface area contributed by atoms with Crippen LogP contribution in [0.1, 0.15) is 29.2 Å². The second-order valence-corrected chi connectivity index (χ2v) is 4.58. The van der Waals surface area contributed by atoms with Gasteiger partial charge in [-0.05, 0) is 44.0 Å². The maximum atomic E-state index is 5.52. The highest BCUT2D eigenvalue weighted by atomic mass is 16.5. The van der Waals surface area contributed by atoms with Crippen LogP contribution >= 0.6 is 0 Å². The molecular weight excluding hydrogens is 226 g/mol. The van der Waals surface area contributed by atoms with Gasteiger partial charge in [0.15, 0.2) is 0 Å². The summed E-state index contributed by atoms with van der Waals surface area (Å²) in [7, 11) is 3.68. The number of nitrogens with one attached hydrogen (secondary N) is 1. The molecule has 0 amide bonds. The SMILES string of the molecule is CNC(CCOCCOC)c1ccc(C)c(C)c1. The van der Waals surface area contributed by atoms with Crippen LogP contribution in [-0.4, -0.2) is 34.0 Å². The average Bonchev–Trinajstić information content (AvgIpc) is 2.37. The summed E-state index contributed by atoms with van der Waals surface area (Å²) in [6, 6.07) is 6.98. The van der Waals surface area contributed by atoms with Crippen molar-refractivity contribution in [3.63, 3.8) is 0 Å². The number of hydrogen-bond donors (Lipinski definition) is 1. The maximum absolute atomic E-state index is 5.52. The fraction of sp³-hybridized carbons (Fsp3) is 0.600. The zero-order chi connectivity index (χ0) is 13.4. The molecule has 0 aromatic heterocycles. The number of rotatable bonds is 8. The van der Waals surface area contributed by atoms with E-state index in [1.807, 2.05) is 7.05 Å². The summed E-state index contributed by atoms with van der Waals surface area (Å²) in [4.78, 5) is 0. The topological polar surface area (TPSA) is 30.5 Å². The lowest BCUT2D eigenvalue weighted by Crippen LogP contribution is -2.19. The largest absolute Gasteiger partial charge is 0.382 e. The first-order valence-electron chi connectivity index (χ1n) is 6.50. The van der Waals surface area contributed by atoms with Crippen LogP contribution in [-0.2, 0) is 9.47 Å². The highest BCUT2D eigenvalue weighted by molar-refractivity contribution is 5.31. The molecule has 102 valence electrons. The first-order chi connectivity index (χ1) is 8.69. The van der Waals surface area contributed by atoms with Crippen molar-refractivity contribution >= 4 is 0 Å². The van der Waals surface area contributed by atoms with Gasteiger partial charge in [0, 0.05) is 19.8 Å². The summed E-state index contributed by atoms with van der Waals surface area (Å²) in [6.07, 6.45) is 0.975. The first-order valence-corrected chi connectivity index (χ1v) is 6.50. The molecule has 1 N–H and O–H groups in total. The van der Waals surface area contributed by atoms with Crippen molar-refractivity contribution in [3.8, 4) is 0 Å². The van der Waals surface area contributed by atoms with E-state index in [4.69, 9.17) is 9.47 Å². The zero-order valence-corrected chi connectivity index (χ0v) is 12.0. The fourth-order valence-corrected chi connectivity index (χ4v) is 1.90. The average molecular weight is 251 g/mol. The lowest BCUT2D eigenvalue weighted by atomic mass is 9.99. The van der Waals surface area contributed by atoms with Gasteiger partial charge >= 0.3 is 0 Å². The first kappa shape index (κ1) is 15.2. The van der Waals surface area contributed by atoms with Crippen molar-refractivity contribution in [2.75, 3.05) is 34.0 Å². The molecule has 3 nitrogen and oxygen atoms in total. The minimum Gasteiger partial charge on any atom is -0.382 e. The smallest absolute Gasteiger partial charge is 0.0700 e. The third-order valence-electron chi connectivity index (χ3n) is 3.26. The molecule has 1 unspecified atom stereocenters. The third-order valence-corrected chi connectivity index (χ3v) is 3.26. The Morgan fingerprint density at radius 3 is 2.50 bits per heavy atom. The molecule has 1 rings (SSSR count). The highest BCUT2D eigenvalue weighted by Gasteiger charge is 2.09. The van der Waals surface area contributed by atoms with Crippen LogP contribution in [0.3, 0.4) is 0 Å². The van der Waals surface area contributed by atoms with E-state index in [-0.39, 0.29) is 0 Å². The lowest BCUT2D eigenvalue weighted by molar-refractivity contribution is 0.0661. The molecule has 18 heavy (non-hydrogen) atoms. The van der Waals surface area contributed by atoms with Gasteiger partial charge in [0.25, 0.3) is 0 Å². The summed E-state index contributed by atoms with van der Waals surface area (Å²) in [5.74, 6) is 0. The Balaban J connectivity index is 2.47. The highest BCUT2D eigenvalue weighted by Crippen LogP contribution is 2.19. The van der Waals surface area contributed by atoms with Gasteiger partial charge in [0.05, 0.1) is 13.2 Å². The van der Waals surface area contributed by atoms with Crippen LogP contribution in [0.5, 0.6) is 0 Å². The van der Waals surface area contributed by atoms with E-state index < -0.39 is 0 Å². The molecule has 0 saturated carbocycles. The van der Waals surface area contributed by atoms with Gasteiger partial charge in [-0.15, -0.1) is 0 Å². The van der Waals surface area contributed by atoms with Crippen LogP contribution in [0.2, 0.25) is 0 Å². The van der Waals surface area contributed by atoms with Crippen LogP contribution in [0.4, 0.5) is 0 Å². The van der Waals surface area contributed by atoms with Gasteiger partial charge in [-0.1, -0.05) is 18.2 Å². The molecule has 0 bridgehead atoms. The minimum atomic E-state index is 0.354. The molecule has 0 spiro atoms. The van der Waals surface area contributed by atoms with E-state index in [0.29, 0.717) is 19.3 Å². The molecule has 0 heterocycles. The van der Waals surface area contributed by atoms with E-state index in [0.717, 1.165) is 13.0 Å². The van der Waals surface area contributed by atoms with E-state index in [2.05, 4.69) is 37.4 Å². The van der Waals surface area contributed by atoms with Gasteiger partial charge in [-0.25, -0.2) is 0 Å². The third kappa shape index (κ3) is 4.77. The molecular formula is C15H25NO2. The molecule has 0 aliphatic carbocycles. The van der Waals surface area contributed by atoms with Crippen molar-refractivity contribution < 1.29 is 9.47 Å². The Labute approximate surface area is 110 Å². The van der Waals surface area contributed by atoms with Gasteiger partial charge in [-0.2, -0.15) is 0 Å². The van der Waals surface area contributed by atoms with E-state index >= 15 is 0 Å². The van der Waals surface area contributed by atoms with Gasteiger partial charge in [0.2, 0.25) is 0 Å². The Kier molecular flexibility index (Phi) is 6.94. The molecule has 1 aromatic carbocycles. The normalized spacial score (nSPS) is 12.7. The van der Waals surface area contributed by atoms with Crippen LogP contribution < -0.4 is 5.32 Å². The van der Waals surface area contributed by atoms with Crippen molar-refractivity contribution in [2.24, 2.45) is 0 Å². The molecule has 1 aromatic rings. The monoisotopic (exact) mass is 251 g/mol. The van der Waals surface area contributed by atoms with Gasteiger partial charge < -0.3 is 14.8 Å². The molecule has 0 saturated heterocycles. The Bertz CT molecular complexity index is 352. The van der Waals surface area contributed by atoms with Crippen LogP contribution in [0.25, 0.3) is 0 Å². The van der Waals surface area contributed by atoms with Crippen molar-refractivity contribution in [3.05, 3.63) is 34.9 Å². The Hall–Kier alpha value is -0.900. The summed E-state index contributed by atoms with van der Waals surface area (Å²) < 4.78 is 10.5. The number of aryl methyl sites for hydroxylation is 2. The van der Waals surface area contributed by atoms with E-state index in [1.54, 1.807) is 7.11 Å². The predicted molar refractivity (Wildman–Crippen MR) is 75.0 cm³/mol. The maximum Gasteiger partial charge on any atom is 0.0700 e.